The molecule has 0 atom stereocenters. The Labute approximate surface area is 146 Å². The molecule has 0 radical (unpaired) electrons. The van der Waals surface area contributed by atoms with E-state index >= 15 is 0 Å². The maximum atomic E-state index is 11.9. The first-order valence-electron chi connectivity index (χ1n) is 8.06. The molecule has 5 nitrogen and oxygen atoms in total. The van der Waals surface area contributed by atoms with Crippen LogP contribution < -0.4 is 0 Å². The van der Waals surface area contributed by atoms with Crippen molar-refractivity contribution in [1.82, 2.24) is 0 Å². The third-order valence-electron chi connectivity index (χ3n) is 3.76. The summed E-state index contributed by atoms with van der Waals surface area (Å²) in [5.74, 6) is -3.65. The largest absolute Gasteiger partial charge is 0.422 e. The Hall–Kier alpha value is -2.95. The highest BCUT2D eigenvalue weighted by atomic mass is 16.7. The predicted molar refractivity (Wildman–Crippen MR) is 93.6 cm³/mol. The molecule has 1 fully saturated rings. The van der Waals surface area contributed by atoms with Crippen LogP contribution in [0.1, 0.15) is 25.0 Å². The second-order valence-corrected chi connectivity index (χ2v) is 6.33. The summed E-state index contributed by atoms with van der Waals surface area (Å²) in [5.41, 5.74) is 3.04. The van der Waals surface area contributed by atoms with Crippen LogP contribution in [-0.4, -0.2) is 23.9 Å². The van der Waals surface area contributed by atoms with Crippen LogP contribution in [0.4, 0.5) is 5.69 Å². The Morgan fingerprint density at radius 1 is 0.920 bits per heavy atom. The molecule has 0 aromatic heterocycles. The van der Waals surface area contributed by atoms with Gasteiger partial charge in [0.2, 0.25) is 0 Å². The predicted octanol–water partition coefficient (Wildman–Crippen LogP) is 3.43. The van der Waals surface area contributed by atoms with Crippen molar-refractivity contribution in [2.45, 2.75) is 26.1 Å². The van der Waals surface area contributed by atoms with Crippen LogP contribution in [0, 0.1) is 5.92 Å². The molecular weight excluding hydrogens is 318 g/mol. The van der Waals surface area contributed by atoms with Gasteiger partial charge in [0.25, 0.3) is 5.79 Å². The number of hydrogen-bond acceptors (Lipinski definition) is 5. The Bertz CT molecular complexity index is 774. The smallest absolute Gasteiger partial charge is 0.329 e. The van der Waals surface area contributed by atoms with Gasteiger partial charge in [-0.15, -0.1) is 0 Å². The molecule has 1 saturated heterocycles. The first kappa shape index (κ1) is 16.9. The molecule has 2 aromatic rings. The third-order valence-corrected chi connectivity index (χ3v) is 3.76. The van der Waals surface area contributed by atoms with Crippen molar-refractivity contribution >= 4 is 23.8 Å². The molecule has 0 unspecified atom stereocenters. The highest BCUT2D eigenvalue weighted by molar-refractivity contribution is 6.10. The first-order chi connectivity index (χ1) is 11.9. The average Bonchev–Trinajstić information content (AvgIpc) is 2.55. The van der Waals surface area contributed by atoms with Crippen molar-refractivity contribution in [1.29, 1.82) is 0 Å². The standard InChI is InChI=1S/C20H19NO4/c1-20(2)24-18(22)17(19(23)25-20)13-21-16-10-8-15(9-11-16)12-14-6-4-3-5-7-14/h3-11,13,17H,12H2,1-2H3. The Kier molecular flexibility index (Phi) is 4.65. The maximum absolute atomic E-state index is 11.9. The molecular formula is C20H19NO4. The van der Waals surface area contributed by atoms with E-state index in [0.717, 1.165) is 12.0 Å². The van der Waals surface area contributed by atoms with Crippen molar-refractivity contribution in [3.8, 4) is 0 Å². The van der Waals surface area contributed by atoms with E-state index in [1.165, 1.54) is 25.6 Å². The van der Waals surface area contributed by atoms with Crippen molar-refractivity contribution in [2.75, 3.05) is 0 Å². The molecule has 0 saturated carbocycles. The lowest BCUT2D eigenvalue weighted by Gasteiger charge is -2.31. The van der Waals surface area contributed by atoms with Gasteiger partial charge >= 0.3 is 11.9 Å². The number of ether oxygens (including phenoxy) is 2. The van der Waals surface area contributed by atoms with E-state index in [1.54, 1.807) is 0 Å². The molecule has 0 bridgehead atoms. The van der Waals surface area contributed by atoms with Crippen LogP contribution in [0.15, 0.2) is 59.6 Å². The summed E-state index contributed by atoms with van der Waals surface area (Å²) < 4.78 is 10.1. The van der Waals surface area contributed by atoms with Gasteiger partial charge in [0.1, 0.15) is 0 Å². The minimum Gasteiger partial charge on any atom is -0.422 e. The number of carbonyl (C=O) groups excluding carboxylic acids is 2. The summed E-state index contributed by atoms with van der Waals surface area (Å²) in [5, 5.41) is 0. The van der Waals surface area contributed by atoms with Gasteiger partial charge in [-0.3, -0.25) is 14.6 Å². The summed E-state index contributed by atoms with van der Waals surface area (Å²) in [6.07, 6.45) is 2.10. The van der Waals surface area contributed by atoms with Gasteiger partial charge < -0.3 is 9.47 Å². The van der Waals surface area contributed by atoms with E-state index in [9.17, 15) is 9.59 Å². The lowest BCUT2D eigenvalue weighted by molar-refractivity contribution is -0.235. The fourth-order valence-corrected chi connectivity index (χ4v) is 2.54. The molecule has 128 valence electrons. The zero-order chi connectivity index (χ0) is 17.9. The highest BCUT2D eigenvalue weighted by Crippen LogP contribution is 2.23. The Morgan fingerprint density at radius 2 is 1.48 bits per heavy atom. The van der Waals surface area contributed by atoms with Crippen LogP contribution in [0.25, 0.3) is 0 Å². The van der Waals surface area contributed by atoms with Gasteiger partial charge in [-0.1, -0.05) is 42.5 Å². The van der Waals surface area contributed by atoms with E-state index in [0.29, 0.717) is 5.69 Å². The second kappa shape index (κ2) is 6.89. The molecule has 2 aromatic carbocycles. The van der Waals surface area contributed by atoms with Gasteiger partial charge in [0.15, 0.2) is 5.92 Å². The zero-order valence-corrected chi connectivity index (χ0v) is 14.1. The SMILES string of the molecule is CC1(C)OC(=O)C(C=Nc2ccc(Cc3ccccc3)cc2)C(=O)O1. The quantitative estimate of drug-likeness (QED) is 0.487. The topological polar surface area (TPSA) is 65.0 Å². The van der Waals surface area contributed by atoms with Crippen LogP contribution in [0.2, 0.25) is 0 Å². The number of benzene rings is 2. The number of cyclic esters (lactones) is 2. The molecule has 0 aliphatic carbocycles. The normalized spacial score (nSPS) is 17.4. The Morgan fingerprint density at radius 3 is 2.08 bits per heavy atom. The monoisotopic (exact) mass is 337 g/mol. The summed E-state index contributed by atoms with van der Waals surface area (Å²) in [6.45, 7) is 3.03. The number of carbonyl (C=O) groups is 2. The minimum atomic E-state index is -1.22. The van der Waals surface area contributed by atoms with Crippen molar-refractivity contribution in [2.24, 2.45) is 10.9 Å². The van der Waals surface area contributed by atoms with Crippen molar-refractivity contribution in [3.63, 3.8) is 0 Å². The average molecular weight is 337 g/mol. The highest BCUT2D eigenvalue weighted by Gasteiger charge is 2.42. The number of nitrogens with zero attached hydrogens (tertiary/aromatic N) is 1. The Balaban J connectivity index is 1.66. The zero-order valence-electron chi connectivity index (χ0n) is 14.1. The minimum absolute atomic E-state index is 0.648. The first-order valence-corrected chi connectivity index (χ1v) is 8.06. The van der Waals surface area contributed by atoms with Crippen LogP contribution >= 0.6 is 0 Å². The molecule has 1 aliphatic heterocycles. The maximum Gasteiger partial charge on any atom is 0.329 e. The van der Waals surface area contributed by atoms with Gasteiger partial charge in [-0.2, -0.15) is 0 Å². The van der Waals surface area contributed by atoms with Crippen LogP contribution in [0.5, 0.6) is 0 Å². The summed E-state index contributed by atoms with van der Waals surface area (Å²) in [7, 11) is 0. The van der Waals surface area contributed by atoms with E-state index in [4.69, 9.17) is 9.47 Å². The van der Waals surface area contributed by atoms with Gasteiger partial charge in [0.05, 0.1) is 5.69 Å². The van der Waals surface area contributed by atoms with E-state index in [1.807, 2.05) is 42.5 Å². The summed E-state index contributed by atoms with van der Waals surface area (Å²) in [4.78, 5) is 28.0. The van der Waals surface area contributed by atoms with Crippen molar-refractivity contribution < 1.29 is 19.1 Å². The van der Waals surface area contributed by atoms with E-state index in [-0.39, 0.29) is 0 Å². The number of hydrogen-bond donors (Lipinski definition) is 0. The molecule has 1 aliphatic rings. The van der Waals surface area contributed by atoms with E-state index < -0.39 is 23.6 Å². The fraction of sp³-hybridized carbons (Fsp3) is 0.250. The summed E-state index contributed by atoms with van der Waals surface area (Å²) >= 11 is 0. The molecule has 0 amide bonds. The molecule has 0 spiro atoms. The lowest BCUT2D eigenvalue weighted by atomic mass is 10.0. The molecule has 3 rings (SSSR count). The summed E-state index contributed by atoms with van der Waals surface area (Å²) in [6, 6.07) is 17.8. The second-order valence-electron chi connectivity index (χ2n) is 6.33. The third kappa shape index (κ3) is 4.32. The van der Waals surface area contributed by atoms with Gasteiger partial charge in [0, 0.05) is 20.1 Å². The van der Waals surface area contributed by atoms with E-state index in [2.05, 4.69) is 17.1 Å². The van der Waals surface area contributed by atoms with Crippen molar-refractivity contribution in [3.05, 3.63) is 65.7 Å². The molecule has 0 N–H and O–H groups in total. The number of rotatable bonds is 4. The van der Waals surface area contributed by atoms with Gasteiger partial charge in [-0.05, 0) is 29.7 Å². The van der Waals surface area contributed by atoms with Crippen LogP contribution in [0.3, 0.4) is 0 Å². The fourth-order valence-electron chi connectivity index (χ4n) is 2.54. The molecule has 1 heterocycles. The number of esters is 2. The molecule has 25 heavy (non-hydrogen) atoms. The van der Waals surface area contributed by atoms with Gasteiger partial charge in [-0.25, -0.2) is 0 Å². The molecule has 5 heteroatoms. The lowest BCUT2D eigenvalue weighted by Crippen LogP contribution is -2.46. The van der Waals surface area contributed by atoms with Crippen LogP contribution in [-0.2, 0) is 25.5 Å². The number of aliphatic imine (C=N–C) groups is 1.